The summed E-state index contributed by atoms with van der Waals surface area (Å²) in [7, 11) is -3.51. The maximum atomic E-state index is 12.9. The number of rotatable bonds is 7. The van der Waals surface area contributed by atoms with Gasteiger partial charge in [0, 0.05) is 18.8 Å². The van der Waals surface area contributed by atoms with Gasteiger partial charge in [0.1, 0.15) is 0 Å². The zero-order valence-electron chi connectivity index (χ0n) is 16.9. The maximum Gasteiger partial charge on any atom is 0.416 e. The topological polar surface area (TPSA) is 66.5 Å². The number of halogens is 3. The van der Waals surface area contributed by atoms with Crippen molar-refractivity contribution in [2.24, 2.45) is 5.92 Å². The Morgan fingerprint density at radius 3 is 2.55 bits per heavy atom. The highest BCUT2D eigenvalue weighted by atomic mass is 32.2. The lowest BCUT2D eigenvalue weighted by molar-refractivity contribution is -0.137. The van der Waals surface area contributed by atoms with Gasteiger partial charge in [0.05, 0.1) is 17.2 Å². The lowest BCUT2D eigenvalue weighted by atomic mass is 9.98. The van der Waals surface area contributed by atoms with Gasteiger partial charge in [-0.3, -0.25) is 4.79 Å². The zero-order valence-corrected chi connectivity index (χ0v) is 17.8. The normalized spacial score (nSPS) is 18.0. The van der Waals surface area contributed by atoms with Gasteiger partial charge < -0.3 is 5.32 Å². The first-order valence-corrected chi connectivity index (χ1v) is 11.8. The Morgan fingerprint density at radius 2 is 1.84 bits per heavy atom. The van der Waals surface area contributed by atoms with E-state index < -0.39 is 33.6 Å². The van der Waals surface area contributed by atoms with Crippen molar-refractivity contribution in [3.63, 3.8) is 0 Å². The van der Waals surface area contributed by atoms with E-state index in [2.05, 4.69) is 5.32 Å². The molecule has 1 atom stereocenters. The number of nitrogens with one attached hydrogen (secondary N) is 1. The summed E-state index contributed by atoms with van der Waals surface area (Å²) in [4.78, 5) is 12.6. The molecule has 0 aromatic heterocycles. The van der Waals surface area contributed by atoms with Crippen LogP contribution in [0.25, 0.3) is 0 Å². The molecule has 0 spiro atoms. The smallest absolute Gasteiger partial charge is 0.326 e. The van der Waals surface area contributed by atoms with Crippen molar-refractivity contribution < 1.29 is 26.4 Å². The molecule has 2 aromatic carbocycles. The van der Waals surface area contributed by atoms with Crippen LogP contribution in [-0.2, 0) is 27.4 Å². The van der Waals surface area contributed by atoms with E-state index in [4.69, 9.17) is 0 Å². The van der Waals surface area contributed by atoms with Crippen molar-refractivity contribution in [3.8, 4) is 0 Å². The van der Waals surface area contributed by atoms with Crippen LogP contribution in [0.3, 0.4) is 0 Å². The summed E-state index contributed by atoms with van der Waals surface area (Å²) in [6.07, 6.45) is -2.37. The number of anilines is 1. The molecule has 1 N–H and O–H groups in total. The van der Waals surface area contributed by atoms with Gasteiger partial charge in [-0.1, -0.05) is 36.4 Å². The third kappa shape index (κ3) is 6.54. The number of alkyl halides is 3. The van der Waals surface area contributed by atoms with Crippen molar-refractivity contribution in [2.75, 3.05) is 24.2 Å². The summed E-state index contributed by atoms with van der Waals surface area (Å²) in [5.41, 5.74) is 0.258. The SMILES string of the molecule is O=C(Nc1cccc(C(F)(F)F)c1)[C@@H]1CCCN(S(=O)(=O)CCCc2ccccc2)C1. The van der Waals surface area contributed by atoms with Gasteiger partial charge in [0.15, 0.2) is 0 Å². The summed E-state index contributed by atoms with van der Waals surface area (Å²) in [5.74, 6) is -1.08. The van der Waals surface area contributed by atoms with Gasteiger partial charge in [-0.15, -0.1) is 0 Å². The first-order chi connectivity index (χ1) is 14.6. The molecule has 2 aromatic rings. The van der Waals surface area contributed by atoms with Crippen molar-refractivity contribution in [3.05, 3.63) is 65.7 Å². The maximum absolute atomic E-state index is 12.9. The molecule has 168 valence electrons. The number of carbonyl (C=O) groups excluding carboxylic acids is 1. The summed E-state index contributed by atoms with van der Waals surface area (Å²) in [6, 6.07) is 14.0. The summed E-state index contributed by atoms with van der Waals surface area (Å²) in [5, 5.41) is 2.50. The van der Waals surface area contributed by atoms with Gasteiger partial charge in [-0.2, -0.15) is 13.2 Å². The molecule has 1 fully saturated rings. The molecule has 31 heavy (non-hydrogen) atoms. The van der Waals surface area contributed by atoms with E-state index in [0.29, 0.717) is 32.2 Å². The number of amides is 1. The van der Waals surface area contributed by atoms with Crippen LogP contribution in [-0.4, -0.2) is 37.5 Å². The first-order valence-electron chi connectivity index (χ1n) is 10.1. The Morgan fingerprint density at radius 1 is 1.10 bits per heavy atom. The van der Waals surface area contributed by atoms with Crippen molar-refractivity contribution in [2.45, 2.75) is 31.9 Å². The second-order valence-electron chi connectivity index (χ2n) is 7.67. The zero-order chi connectivity index (χ0) is 22.5. The molecule has 1 aliphatic heterocycles. The van der Waals surface area contributed by atoms with Crippen LogP contribution in [0.1, 0.15) is 30.4 Å². The van der Waals surface area contributed by atoms with Crippen molar-refractivity contribution >= 4 is 21.6 Å². The van der Waals surface area contributed by atoms with E-state index >= 15 is 0 Å². The van der Waals surface area contributed by atoms with Crippen LogP contribution < -0.4 is 5.32 Å². The average Bonchev–Trinajstić information content (AvgIpc) is 2.74. The predicted octanol–water partition coefficient (Wildman–Crippen LogP) is 4.32. The number of nitrogens with zero attached hydrogens (tertiary/aromatic N) is 1. The summed E-state index contributed by atoms with van der Waals surface area (Å²) >= 11 is 0. The molecule has 0 radical (unpaired) electrons. The van der Waals surface area contributed by atoms with Gasteiger partial charge in [-0.25, -0.2) is 12.7 Å². The molecule has 1 amide bonds. The quantitative estimate of drug-likeness (QED) is 0.678. The fourth-order valence-corrected chi connectivity index (χ4v) is 5.24. The third-order valence-electron chi connectivity index (χ3n) is 5.32. The molecule has 0 bridgehead atoms. The van der Waals surface area contributed by atoms with E-state index in [-0.39, 0.29) is 18.0 Å². The number of hydrogen-bond donors (Lipinski definition) is 1. The second-order valence-corrected chi connectivity index (χ2v) is 9.76. The number of sulfonamides is 1. The van der Waals surface area contributed by atoms with Crippen LogP contribution in [0, 0.1) is 5.92 Å². The largest absolute Gasteiger partial charge is 0.416 e. The highest BCUT2D eigenvalue weighted by molar-refractivity contribution is 7.89. The summed E-state index contributed by atoms with van der Waals surface area (Å²) < 4.78 is 65.4. The molecule has 3 rings (SSSR count). The van der Waals surface area contributed by atoms with E-state index in [0.717, 1.165) is 17.7 Å². The lowest BCUT2D eigenvalue weighted by Crippen LogP contribution is -2.44. The Bertz CT molecular complexity index is 995. The molecular weight excluding hydrogens is 429 g/mol. The van der Waals surface area contributed by atoms with Crippen LogP contribution in [0.15, 0.2) is 54.6 Å². The monoisotopic (exact) mass is 454 g/mol. The minimum absolute atomic E-state index is 0.0101. The van der Waals surface area contributed by atoms with Crippen LogP contribution in [0.4, 0.5) is 18.9 Å². The van der Waals surface area contributed by atoms with E-state index in [9.17, 15) is 26.4 Å². The molecular formula is C22H25F3N2O3S. The van der Waals surface area contributed by atoms with Crippen LogP contribution >= 0.6 is 0 Å². The molecule has 5 nitrogen and oxygen atoms in total. The van der Waals surface area contributed by atoms with Crippen LogP contribution in [0.2, 0.25) is 0 Å². The number of hydrogen-bond acceptors (Lipinski definition) is 3. The van der Waals surface area contributed by atoms with Gasteiger partial charge in [0.25, 0.3) is 0 Å². The fraction of sp³-hybridized carbons (Fsp3) is 0.409. The minimum atomic E-state index is -4.50. The molecule has 1 heterocycles. The van der Waals surface area contributed by atoms with Gasteiger partial charge >= 0.3 is 6.18 Å². The van der Waals surface area contributed by atoms with E-state index in [1.54, 1.807) is 0 Å². The minimum Gasteiger partial charge on any atom is -0.326 e. The Balaban J connectivity index is 1.57. The Labute approximate surface area is 180 Å². The lowest BCUT2D eigenvalue weighted by Gasteiger charge is -2.31. The number of carbonyl (C=O) groups is 1. The Hall–Kier alpha value is -2.39. The molecule has 0 aliphatic carbocycles. The van der Waals surface area contributed by atoms with Gasteiger partial charge in [0.2, 0.25) is 15.9 Å². The van der Waals surface area contributed by atoms with Crippen molar-refractivity contribution in [1.29, 1.82) is 0 Å². The van der Waals surface area contributed by atoms with Gasteiger partial charge in [-0.05, 0) is 49.4 Å². The summed E-state index contributed by atoms with van der Waals surface area (Å²) in [6.45, 7) is 0.388. The Kier molecular flexibility index (Phi) is 7.38. The molecule has 9 heteroatoms. The van der Waals surface area contributed by atoms with Crippen molar-refractivity contribution in [1.82, 2.24) is 4.31 Å². The predicted molar refractivity (Wildman–Crippen MR) is 113 cm³/mol. The molecule has 1 aliphatic rings. The highest BCUT2D eigenvalue weighted by Gasteiger charge is 2.33. The molecule has 0 saturated carbocycles. The number of piperidine rings is 1. The third-order valence-corrected chi connectivity index (χ3v) is 7.24. The first kappa shape index (κ1) is 23.3. The number of benzene rings is 2. The van der Waals surface area contributed by atoms with E-state index in [1.165, 1.54) is 16.4 Å². The highest BCUT2D eigenvalue weighted by Crippen LogP contribution is 2.31. The van der Waals surface area contributed by atoms with Crippen LogP contribution in [0.5, 0.6) is 0 Å². The fourth-order valence-electron chi connectivity index (χ4n) is 3.66. The molecule has 0 unspecified atom stereocenters. The standard InChI is InChI=1S/C22H25F3N2O3S/c23-22(24,25)19-11-4-12-20(15-19)26-21(28)18-10-5-13-27(16-18)31(29,30)14-6-9-17-7-2-1-3-8-17/h1-4,7-8,11-12,15,18H,5-6,9-10,13-14,16H2,(H,26,28)/t18-/m1/s1. The second kappa shape index (κ2) is 9.82. The number of aryl methyl sites for hydroxylation is 1. The molecule has 1 saturated heterocycles. The average molecular weight is 455 g/mol. The van der Waals surface area contributed by atoms with E-state index in [1.807, 2.05) is 30.3 Å².